The van der Waals surface area contributed by atoms with Crippen molar-refractivity contribution in [1.29, 1.82) is 0 Å². The molecule has 0 saturated carbocycles. The number of carbonyl (C=O) groups excluding carboxylic acids is 1. The van der Waals surface area contributed by atoms with Crippen molar-refractivity contribution in [2.45, 2.75) is 6.42 Å². The van der Waals surface area contributed by atoms with E-state index >= 15 is 0 Å². The summed E-state index contributed by atoms with van der Waals surface area (Å²) in [6.45, 7) is 6.30. The fourth-order valence-electron chi connectivity index (χ4n) is 4.24. The molecule has 2 aromatic carbocycles. The molecular weight excluding hydrogens is 442 g/mol. The minimum atomic E-state index is -0.0238. The van der Waals surface area contributed by atoms with Crippen LogP contribution in [0.1, 0.15) is 6.42 Å². The molecule has 3 N–H and O–H groups in total. The number of ether oxygens (including phenoxy) is 1. The Hall–Kier alpha value is -3.43. The lowest BCUT2D eigenvalue weighted by Crippen LogP contribution is -2.45. The molecule has 1 amide bonds. The SMILES string of the molecule is CNc1nccc(-c2cc(NCC(=O)NCCCN3CCN(C)CC3)c3cc(OC)ccc3c2)n1. The minimum absolute atomic E-state index is 0.0238. The Kier molecular flexibility index (Phi) is 8.33. The number of nitrogens with one attached hydrogen (secondary N) is 3. The maximum atomic E-state index is 12.6. The Morgan fingerprint density at radius 3 is 2.71 bits per heavy atom. The summed E-state index contributed by atoms with van der Waals surface area (Å²) in [6, 6.07) is 11.9. The van der Waals surface area contributed by atoms with Gasteiger partial charge >= 0.3 is 0 Å². The Morgan fingerprint density at radius 1 is 1.11 bits per heavy atom. The summed E-state index contributed by atoms with van der Waals surface area (Å²) in [5.74, 6) is 1.30. The van der Waals surface area contributed by atoms with Crippen molar-refractivity contribution in [3.05, 3.63) is 42.6 Å². The van der Waals surface area contributed by atoms with Crippen molar-refractivity contribution in [1.82, 2.24) is 25.1 Å². The molecule has 35 heavy (non-hydrogen) atoms. The summed E-state index contributed by atoms with van der Waals surface area (Å²) in [6.07, 6.45) is 2.68. The summed E-state index contributed by atoms with van der Waals surface area (Å²) in [4.78, 5) is 26.1. The summed E-state index contributed by atoms with van der Waals surface area (Å²) in [7, 11) is 5.60. The maximum Gasteiger partial charge on any atom is 0.239 e. The van der Waals surface area contributed by atoms with Gasteiger partial charge < -0.3 is 30.5 Å². The lowest BCUT2D eigenvalue weighted by Gasteiger charge is -2.32. The number of fused-ring (bicyclic) bond motifs is 1. The average Bonchev–Trinajstić information content (AvgIpc) is 2.90. The fourth-order valence-corrected chi connectivity index (χ4v) is 4.24. The lowest BCUT2D eigenvalue weighted by atomic mass is 10.0. The fraction of sp³-hybridized carbons (Fsp3) is 0.423. The van der Waals surface area contributed by atoms with Gasteiger partial charge in [0.1, 0.15) is 5.75 Å². The van der Waals surface area contributed by atoms with Crippen molar-refractivity contribution in [3.8, 4) is 17.0 Å². The van der Waals surface area contributed by atoms with Crippen LogP contribution in [-0.2, 0) is 4.79 Å². The Morgan fingerprint density at radius 2 is 1.94 bits per heavy atom. The van der Waals surface area contributed by atoms with Gasteiger partial charge in [-0.1, -0.05) is 6.07 Å². The van der Waals surface area contributed by atoms with E-state index in [1.165, 1.54) is 0 Å². The number of hydrogen-bond acceptors (Lipinski definition) is 8. The van der Waals surface area contributed by atoms with Crippen molar-refractivity contribution < 1.29 is 9.53 Å². The van der Waals surface area contributed by atoms with Crippen LogP contribution in [0.25, 0.3) is 22.0 Å². The molecule has 4 rings (SSSR count). The van der Waals surface area contributed by atoms with Gasteiger partial charge in [-0.3, -0.25) is 4.79 Å². The lowest BCUT2D eigenvalue weighted by molar-refractivity contribution is -0.119. The second-order valence-corrected chi connectivity index (χ2v) is 8.83. The van der Waals surface area contributed by atoms with Gasteiger partial charge in [0.15, 0.2) is 0 Å². The molecule has 9 heteroatoms. The van der Waals surface area contributed by atoms with E-state index in [0.717, 1.165) is 72.6 Å². The number of nitrogens with zero attached hydrogens (tertiary/aromatic N) is 4. The molecule has 0 aliphatic carbocycles. The molecule has 1 fully saturated rings. The van der Waals surface area contributed by atoms with Crippen LogP contribution in [-0.4, -0.2) is 92.7 Å². The van der Waals surface area contributed by atoms with Crippen LogP contribution in [0.15, 0.2) is 42.6 Å². The first-order valence-electron chi connectivity index (χ1n) is 12.1. The van der Waals surface area contributed by atoms with E-state index in [9.17, 15) is 4.79 Å². The van der Waals surface area contributed by atoms with E-state index in [4.69, 9.17) is 4.74 Å². The van der Waals surface area contributed by atoms with Crippen molar-refractivity contribution in [2.24, 2.45) is 0 Å². The summed E-state index contributed by atoms with van der Waals surface area (Å²) < 4.78 is 5.43. The molecule has 1 saturated heterocycles. The van der Waals surface area contributed by atoms with Gasteiger partial charge in [0, 0.05) is 62.6 Å². The number of aromatic nitrogens is 2. The highest BCUT2D eigenvalue weighted by molar-refractivity contribution is 5.99. The predicted molar refractivity (Wildman–Crippen MR) is 141 cm³/mol. The van der Waals surface area contributed by atoms with Crippen LogP contribution in [0.2, 0.25) is 0 Å². The second kappa shape index (κ2) is 11.8. The van der Waals surface area contributed by atoms with E-state index in [-0.39, 0.29) is 12.5 Å². The van der Waals surface area contributed by atoms with E-state index in [0.29, 0.717) is 12.5 Å². The van der Waals surface area contributed by atoms with Crippen LogP contribution in [0, 0.1) is 0 Å². The molecule has 186 valence electrons. The normalized spacial score (nSPS) is 14.6. The highest BCUT2D eigenvalue weighted by Gasteiger charge is 2.13. The Balaban J connectivity index is 1.41. The highest BCUT2D eigenvalue weighted by Crippen LogP contribution is 2.33. The van der Waals surface area contributed by atoms with Crippen LogP contribution >= 0.6 is 0 Å². The number of amides is 1. The van der Waals surface area contributed by atoms with Gasteiger partial charge in [-0.25, -0.2) is 9.97 Å². The minimum Gasteiger partial charge on any atom is -0.497 e. The highest BCUT2D eigenvalue weighted by atomic mass is 16.5. The quantitative estimate of drug-likeness (QED) is 0.384. The number of benzene rings is 2. The third-order valence-corrected chi connectivity index (χ3v) is 6.35. The zero-order valence-electron chi connectivity index (χ0n) is 20.8. The summed E-state index contributed by atoms with van der Waals surface area (Å²) >= 11 is 0. The third kappa shape index (κ3) is 6.58. The number of hydrogen-bond donors (Lipinski definition) is 3. The molecule has 0 radical (unpaired) electrons. The van der Waals surface area contributed by atoms with Gasteiger partial charge in [-0.05, 0) is 55.7 Å². The smallest absolute Gasteiger partial charge is 0.239 e. The zero-order valence-corrected chi connectivity index (χ0v) is 20.8. The standard InChI is InChI=1S/C26H35N7O2/c1-27-26-29-9-7-23(31-26)20-15-19-5-6-21(35-3)17-22(19)24(16-20)30-18-25(34)28-8-4-10-33-13-11-32(2)12-14-33/h5-7,9,15-17,30H,4,8,10-14,18H2,1-3H3,(H,28,34)(H,27,29,31). The largest absolute Gasteiger partial charge is 0.497 e. The molecular formula is C26H35N7O2. The molecule has 1 aliphatic heterocycles. The summed E-state index contributed by atoms with van der Waals surface area (Å²) in [5.41, 5.74) is 2.60. The first kappa shape index (κ1) is 24.7. The van der Waals surface area contributed by atoms with Crippen LogP contribution in [0.3, 0.4) is 0 Å². The molecule has 1 aromatic heterocycles. The van der Waals surface area contributed by atoms with Crippen LogP contribution in [0.4, 0.5) is 11.6 Å². The molecule has 2 heterocycles. The molecule has 0 atom stereocenters. The summed E-state index contributed by atoms with van der Waals surface area (Å²) in [5, 5.41) is 11.4. The topological polar surface area (TPSA) is 94.6 Å². The molecule has 0 bridgehead atoms. The van der Waals surface area contributed by atoms with Crippen molar-refractivity contribution >= 4 is 28.3 Å². The average molecular weight is 478 g/mol. The molecule has 0 spiro atoms. The maximum absolute atomic E-state index is 12.6. The number of carbonyl (C=O) groups is 1. The third-order valence-electron chi connectivity index (χ3n) is 6.35. The Labute approximate surface area is 206 Å². The number of likely N-dealkylation sites (N-methyl/N-ethyl adjacent to an activating group) is 1. The number of piperazine rings is 1. The first-order valence-corrected chi connectivity index (χ1v) is 12.1. The van der Waals surface area contributed by atoms with Crippen molar-refractivity contribution in [2.75, 3.05) is 77.7 Å². The van der Waals surface area contributed by atoms with E-state index in [2.05, 4.69) is 48.8 Å². The second-order valence-electron chi connectivity index (χ2n) is 8.83. The van der Waals surface area contributed by atoms with E-state index in [1.54, 1.807) is 20.4 Å². The van der Waals surface area contributed by atoms with Crippen LogP contribution in [0.5, 0.6) is 5.75 Å². The van der Waals surface area contributed by atoms with Crippen LogP contribution < -0.4 is 20.7 Å². The zero-order chi connectivity index (χ0) is 24.6. The molecule has 3 aromatic rings. The van der Waals surface area contributed by atoms with Gasteiger partial charge in [-0.15, -0.1) is 0 Å². The molecule has 0 unspecified atom stereocenters. The van der Waals surface area contributed by atoms with Gasteiger partial charge in [0.25, 0.3) is 0 Å². The van der Waals surface area contributed by atoms with Crippen molar-refractivity contribution in [3.63, 3.8) is 0 Å². The van der Waals surface area contributed by atoms with E-state index in [1.807, 2.05) is 30.3 Å². The van der Waals surface area contributed by atoms with E-state index < -0.39 is 0 Å². The number of methoxy groups -OCH3 is 1. The predicted octanol–water partition coefficient (Wildman–Crippen LogP) is 2.51. The van der Waals surface area contributed by atoms with Gasteiger partial charge in [0.05, 0.1) is 19.3 Å². The number of rotatable bonds is 10. The number of anilines is 2. The molecule has 9 nitrogen and oxygen atoms in total. The Bertz CT molecular complexity index is 1150. The van der Waals surface area contributed by atoms with Gasteiger partial charge in [0.2, 0.25) is 11.9 Å². The first-order chi connectivity index (χ1) is 17.1. The van der Waals surface area contributed by atoms with Gasteiger partial charge in [-0.2, -0.15) is 0 Å². The monoisotopic (exact) mass is 477 g/mol. The molecule has 1 aliphatic rings.